The Morgan fingerprint density at radius 2 is 2.00 bits per heavy atom. The molecule has 0 bridgehead atoms. The fourth-order valence-electron chi connectivity index (χ4n) is 2.04. The monoisotopic (exact) mass is 369 g/mol. The van der Waals surface area contributed by atoms with Gasteiger partial charge in [-0.3, -0.25) is 5.32 Å². The summed E-state index contributed by atoms with van der Waals surface area (Å²) < 4.78 is 15.5. The summed E-state index contributed by atoms with van der Waals surface area (Å²) in [6.45, 7) is 7.36. The van der Waals surface area contributed by atoms with E-state index in [1.54, 1.807) is 31.2 Å². The van der Waals surface area contributed by atoms with Crippen LogP contribution in [0.2, 0.25) is 5.02 Å². The van der Waals surface area contributed by atoms with Crippen LogP contribution in [0.3, 0.4) is 0 Å². The van der Waals surface area contributed by atoms with E-state index in [1.807, 2.05) is 20.8 Å². The van der Waals surface area contributed by atoms with E-state index >= 15 is 0 Å². The first-order valence-electron chi connectivity index (χ1n) is 7.96. The molecule has 6 nitrogen and oxygen atoms in total. The summed E-state index contributed by atoms with van der Waals surface area (Å²) in [7, 11) is 1.24. The molecule has 1 N–H and O–H groups in total. The van der Waals surface area contributed by atoms with Crippen molar-refractivity contribution in [1.82, 2.24) is 0 Å². The molecule has 0 saturated heterocycles. The highest BCUT2D eigenvalue weighted by Gasteiger charge is 2.25. The van der Waals surface area contributed by atoms with Crippen molar-refractivity contribution in [2.24, 2.45) is 0 Å². The minimum atomic E-state index is -1.09. The van der Waals surface area contributed by atoms with Gasteiger partial charge in [0.25, 0.3) is 0 Å². The summed E-state index contributed by atoms with van der Waals surface area (Å²) in [4.78, 5) is 24.0. The molecule has 1 atom stereocenters. The van der Waals surface area contributed by atoms with Crippen molar-refractivity contribution in [2.45, 2.75) is 46.3 Å². The average Bonchev–Trinajstić information content (AvgIpc) is 2.54. The molecule has 0 aliphatic heterocycles. The van der Waals surface area contributed by atoms with Gasteiger partial charge in [-0.15, -0.1) is 0 Å². The zero-order chi connectivity index (χ0) is 19.0. The van der Waals surface area contributed by atoms with Crippen molar-refractivity contribution in [2.75, 3.05) is 12.4 Å². The van der Waals surface area contributed by atoms with Gasteiger partial charge in [0.2, 0.25) is 6.10 Å². The second kappa shape index (κ2) is 9.93. The Labute approximate surface area is 153 Å². The standard InChI is InChI=1S/C18H24ClNO5/c1-6-7-12(4)16(17(21)23-5)25-18(22)20-13-8-9-14(19)15(10-13)24-11(2)3/h7-11,16H,6H2,1-5H3,(H,20,22). The van der Waals surface area contributed by atoms with Crippen molar-refractivity contribution < 1.29 is 23.8 Å². The van der Waals surface area contributed by atoms with Gasteiger partial charge in [0.1, 0.15) is 5.75 Å². The van der Waals surface area contributed by atoms with E-state index in [0.29, 0.717) is 28.5 Å². The van der Waals surface area contributed by atoms with Gasteiger partial charge in [-0.1, -0.05) is 24.6 Å². The Bertz CT molecular complexity index is 642. The maximum absolute atomic E-state index is 12.1. The number of esters is 1. The van der Waals surface area contributed by atoms with Crippen LogP contribution in [0.1, 0.15) is 34.1 Å². The molecule has 1 rings (SSSR count). The van der Waals surface area contributed by atoms with Crippen LogP contribution < -0.4 is 10.1 Å². The van der Waals surface area contributed by atoms with Crippen molar-refractivity contribution in [3.8, 4) is 5.75 Å². The van der Waals surface area contributed by atoms with E-state index in [9.17, 15) is 9.59 Å². The molecule has 1 aromatic carbocycles. The molecule has 1 aromatic rings. The number of methoxy groups -OCH3 is 1. The molecule has 0 fully saturated rings. The number of carbonyl (C=O) groups excluding carboxylic acids is 2. The van der Waals surface area contributed by atoms with Crippen LogP contribution in [0.5, 0.6) is 5.75 Å². The lowest BCUT2D eigenvalue weighted by Crippen LogP contribution is -2.31. The van der Waals surface area contributed by atoms with Crippen LogP contribution in [-0.2, 0) is 14.3 Å². The summed E-state index contributed by atoms with van der Waals surface area (Å²) >= 11 is 6.06. The molecule has 25 heavy (non-hydrogen) atoms. The molecule has 0 aliphatic rings. The Morgan fingerprint density at radius 3 is 2.56 bits per heavy atom. The number of halogens is 1. The summed E-state index contributed by atoms with van der Waals surface area (Å²) in [6.07, 6.45) is 0.564. The fraction of sp³-hybridized carbons (Fsp3) is 0.444. The molecular formula is C18H24ClNO5. The Morgan fingerprint density at radius 1 is 1.32 bits per heavy atom. The summed E-state index contributed by atoms with van der Waals surface area (Å²) in [6, 6.07) is 4.80. The number of allylic oxidation sites excluding steroid dienone is 1. The first-order chi connectivity index (χ1) is 11.8. The molecule has 0 spiro atoms. The molecule has 7 heteroatoms. The highest BCUT2D eigenvalue weighted by Crippen LogP contribution is 2.29. The smallest absolute Gasteiger partial charge is 0.412 e. The second-order valence-corrected chi connectivity index (χ2v) is 6.01. The van der Waals surface area contributed by atoms with E-state index in [-0.39, 0.29) is 6.10 Å². The number of hydrogen-bond acceptors (Lipinski definition) is 5. The highest BCUT2D eigenvalue weighted by molar-refractivity contribution is 6.32. The lowest BCUT2D eigenvalue weighted by molar-refractivity contribution is -0.148. The van der Waals surface area contributed by atoms with Gasteiger partial charge in [0.05, 0.1) is 18.2 Å². The first-order valence-corrected chi connectivity index (χ1v) is 8.34. The number of nitrogens with one attached hydrogen (secondary N) is 1. The second-order valence-electron chi connectivity index (χ2n) is 5.60. The molecule has 0 aromatic heterocycles. The Balaban J connectivity index is 2.86. The number of hydrogen-bond donors (Lipinski definition) is 1. The summed E-state index contributed by atoms with van der Waals surface area (Å²) in [5, 5.41) is 2.99. The third-order valence-corrected chi connectivity index (χ3v) is 3.43. The van der Waals surface area contributed by atoms with E-state index in [1.165, 1.54) is 7.11 Å². The van der Waals surface area contributed by atoms with Crippen LogP contribution >= 0.6 is 11.6 Å². The number of amides is 1. The largest absolute Gasteiger partial charge is 0.489 e. The van der Waals surface area contributed by atoms with Gasteiger partial charge < -0.3 is 14.2 Å². The van der Waals surface area contributed by atoms with E-state index in [0.717, 1.165) is 0 Å². The number of ether oxygens (including phenoxy) is 3. The lowest BCUT2D eigenvalue weighted by Gasteiger charge is -2.17. The van der Waals surface area contributed by atoms with Crippen molar-refractivity contribution >= 4 is 29.4 Å². The first kappa shape index (κ1) is 20.8. The zero-order valence-corrected chi connectivity index (χ0v) is 15.8. The van der Waals surface area contributed by atoms with Gasteiger partial charge in [-0.2, -0.15) is 0 Å². The van der Waals surface area contributed by atoms with Crippen molar-refractivity contribution in [1.29, 1.82) is 0 Å². The van der Waals surface area contributed by atoms with Gasteiger partial charge in [0, 0.05) is 11.8 Å². The number of rotatable bonds is 7. The molecule has 0 saturated carbocycles. The maximum atomic E-state index is 12.1. The Hall–Kier alpha value is -2.21. The van der Waals surface area contributed by atoms with Gasteiger partial charge in [-0.25, -0.2) is 9.59 Å². The SMILES string of the molecule is CCC=C(C)C(OC(=O)Nc1ccc(Cl)c(OC(C)C)c1)C(=O)OC. The average molecular weight is 370 g/mol. The number of benzene rings is 1. The zero-order valence-electron chi connectivity index (χ0n) is 15.1. The van der Waals surface area contributed by atoms with Crippen LogP contribution in [0.4, 0.5) is 10.5 Å². The fourth-order valence-corrected chi connectivity index (χ4v) is 2.20. The normalized spacial score (nSPS) is 12.5. The highest BCUT2D eigenvalue weighted by atomic mass is 35.5. The summed E-state index contributed by atoms with van der Waals surface area (Å²) in [5.41, 5.74) is 1.04. The lowest BCUT2D eigenvalue weighted by atomic mass is 10.1. The topological polar surface area (TPSA) is 73.9 Å². The van der Waals surface area contributed by atoms with Crippen LogP contribution in [-0.4, -0.2) is 31.4 Å². The minimum absolute atomic E-state index is 0.0646. The molecule has 1 unspecified atom stereocenters. The number of anilines is 1. The third-order valence-electron chi connectivity index (χ3n) is 3.12. The molecule has 0 aliphatic carbocycles. The van der Waals surface area contributed by atoms with E-state index in [4.69, 9.17) is 21.1 Å². The van der Waals surface area contributed by atoms with Gasteiger partial charge in [-0.05, 0) is 44.9 Å². The van der Waals surface area contributed by atoms with Crippen LogP contribution in [0.15, 0.2) is 29.8 Å². The molecule has 0 radical (unpaired) electrons. The van der Waals surface area contributed by atoms with Crippen LogP contribution in [0.25, 0.3) is 0 Å². The predicted molar refractivity (Wildman–Crippen MR) is 97.2 cm³/mol. The van der Waals surface area contributed by atoms with Gasteiger partial charge in [0.15, 0.2) is 0 Å². The molecular weight excluding hydrogens is 346 g/mol. The maximum Gasteiger partial charge on any atom is 0.412 e. The molecule has 0 heterocycles. The Kier molecular flexibility index (Phi) is 8.28. The van der Waals surface area contributed by atoms with Crippen LogP contribution in [0, 0.1) is 0 Å². The minimum Gasteiger partial charge on any atom is -0.489 e. The summed E-state index contributed by atoms with van der Waals surface area (Å²) in [5.74, 6) is -0.196. The molecule has 138 valence electrons. The van der Waals surface area contributed by atoms with E-state index < -0.39 is 18.2 Å². The van der Waals surface area contributed by atoms with E-state index in [2.05, 4.69) is 10.1 Å². The van der Waals surface area contributed by atoms with Gasteiger partial charge >= 0.3 is 12.1 Å². The number of carbonyl (C=O) groups is 2. The van der Waals surface area contributed by atoms with Crippen molar-refractivity contribution in [3.63, 3.8) is 0 Å². The molecule has 1 amide bonds. The third kappa shape index (κ3) is 6.66. The van der Waals surface area contributed by atoms with Crippen molar-refractivity contribution in [3.05, 3.63) is 34.9 Å². The quantitative estimate of drug-likeness (QED) is 0.562. The predicted octanol–water partition coefficient (Wildman–Crippen LogP) is 4.57.